The zero-order valence-corrected chi connectivity index (χ0v) is 19.9. The molecule has 4 atom stereocenters. The highest BCUT2D eigenvalue weighted by molar-refractivity contribution is 5.76. The summed E-state index contributed by atoms with van der Waals surface area (Å²) in [6, 6.07) is 8.70. The molecule has 0 saturated carbocycles. The molecule has 2 rings (SSSR count). The van der Waals surface area contributed by atoms with Crippen LogP contribution in [0.25, 0.3) is 0 Å². The normalized spacial score (nSPS) is 16.2. The molecule has 0 aliphatic heterocycles. The molecule has 33 heavy (non-hydrogen) atoms. The number of halogens is 1. The second-order valence-corrected chi connectivity index (χ2v) is 8.94. The van der Waals surface area contributed by atoms with Crippen molar-refractivity contribution in [2.24, 2.45) is 17.8 Å². The molecule has 2 N–H and O–H groups in total. The third-order valence-corrected chi connectivity index (χ3v) is 5.91. The number of nitrogens with zero attached hydrogens (tertiary/aromatic N) is 1. The molecule has 0 aliphatic rings. The maximum Gasteiger partial charge on any atom is 0.317 e. The van der Waals surface area contributed by atoms with E-state index in [4.69, 9.17) is 9.47 Å². The molecule has 7 heteroatoms. The number of hydrogen-bond donors (Lipinski definition) is 2. The van der Waals surface area contributed by atoms with E-state index >= 15 is 0 Å². The molecule has 1 heterocycles. The van der Waals surface area contributed by atoms with E-state index in [0.717, 1.165) is 0 Å². The van der Waals surface area contributed by atoms with Gasteiger partial charge in [0.15, 0.2) is 0 Å². The van der Waals surface area contributed by atoms with Crippen LogP contribution >= 0.6 is 0 Å². The number of aromatic nitrogens is 1. The summed E-state index contributed by atoms with van der Waals surface area (Å²) in [7, 11) is 1.43. The number of ether oxygens (including phenoxy) is 2. The van der Waals surface area contributed by atoms with Crippen molar-refractivity contribution in [2.75, 3.05) is 13.7 Å². The Morgan fingerprint density at radius 3 is 2.30 bits per heavy atom. The Labute approximate surface area is 195 Å². The van der Waals surface area contributed by atoms with Crippen molar-refractivity contribution in [3.05, 3.63) is 72.3 Å². The molecule has 0 fully saturated rings. The zero-order chi connectivity index (χ0) is 24.8. The van der Waals surface area contributed by atoms with Crippen molar-refractivity contribution in [3.8, 4) is 5.75 Å². The number of carbonyl (C=O) groups excluding carboxylic acids is 1. The standard InChI is InChI=1S/C26H34FNO5/c1-16(2)18(5)26(31,15-32-6)23(19-9-11-20(27)12-10-19)24(29)22(17(3)4)25(30)33-21-8-7-13-28-14-21/h7-14,16-17,22-24,29,31H,5,15H2,1-4,6H3. The van der Waals surface area contributed by atoms with Crippen LogP contribution in [0.5, 0.6) is 5.75 Å². The molecule has 0 aliphatic carbocycles. The molecule has 1 aromatic heterocycles. The summed E-state index contributed by atoms with van der Waals surface area (Å²) < 4.78 is 24.5. The largest absolute Gasteiger partial charge is 0.425 e. The third-order valence-electron chi connectivity index (χ3n) is 5.91. The minimum Gasteiger partial charge on any atom is -0.425 e. The number of esters is 1. The highest BCUT2D eigenvalue weighted by atomic mass is 19.1. The second kappa shape index (κ2) is 11.5. The predicted octanol–water partition coefficient (Wildman–Crippen LogP) is 4.13. The molecule has 0 bridgehead atoms. The topological polar surface area (TPSA) is 88.9 Å². The first-order valence-corrected chi connectivity index (χ1v) is 11.0. The highest BCUT2D eigenvalue weighted by Crippen LogP contribution is 2.43. The fourth-order valence-electron chi connectivity index (χ4n) is 4.13. The van der Waals surface area contributed by atoms with Gasteiger partial charge >= 0.3 is 5.97 Å². The van der Waals surface area contributed by atoms with Crippen molar-refractivity contribution >= 4 is 5.97 Å². The predicted molar refractivity (Wildman–Crippen MR) is 124 cm³/mol. The molecule has 0 radical (unpaired) electrons. The number of carbonyl (C=O) groups is 1. The lowest BCUT2D eigenvalue weighted by atomic mass is 9.68. The first-order valence-electron chi connectivity index (χ1n) is 11.0. The molecule has 180 valence electrons. The Hall–Kier alpha value is -2.61. The summed E-state index contributed by atoms with van der Waals surface area (Å²) in [5.74, 6) is -3.41. The van der Waals surface area contributed by atoms with Crippen LogP contribution < -0.4 is 4.74 Å². The SMILES string of the molecule is C=C(C(C)C)C(O)(COC)C(c1ccc(F)cc1)C(O)C(C(=O)Oc1cccnc1)C(C)C. The molecular weight excluding hydrogens is 425 g/mol. The lowest BCUT2D eigenvalue weighted by Gasteiger charge is -2.43. The first-order chi connectivity index (χ1) is 15.5. The lowest BCUT2D eigenvalue weighted by Crippen LogP contribution is -2.52. The molecular formula is C26H34FNO5. The van der Waals surface area contributed by atoms with Crippen LogP contribution in [0.4, 0.5) is 4.39 Å². The van der Waals surface area contributed by atoms with Crippen molar-refractivity contribution < 1.29 is 28.9 Å². The van der Waals surface area contributed by atoms with Crippen LogP contribution in [0.2, 0.25) is 0 Å². The van der Waals surface area contributed by atoms with Crippen LogP contribution in [0.15, 0.2) is 60.9 Å². The average molecular weight is 460 g/mol. The van der Waals surface area contributed by atoms with Crippen molar-refractivity contribution in [1.29, 1.82) is 0 Å². The quantitative estimate of drug-likeness (QED) is 0.388. The lowest BCUT2D eigenvalue weighted by molar-refractivity contribution is -0.149. The maximum atomic E-state index is 13.7. The van der Waals surface area contributed by atoms with E-state index in [0.29, 0.717) is 11.1 Å². The van der Waals surface area contributed by atoms with Gasteiger partial charge in [0.05, 0.1) is 24.8 Å². The maximum absolute atomic E-state index is 13.7. The molecule has 2 aromatic rings. The minimum absolute atomic E-state index is 0.153. The molecule has 6 nitrogen and oxygen atoms in total. The monoisotopic (exact) mass is 459 g/mol. The number of aliphatic hydroxyl groups is 2. The Kier molecular flexibility index (Phi) is 9.28. The number of aliphatic hydroxyl groups excluding tert-OH is 1. The van der Waals surface area contributed by atoms with Gasteiger partial charge in [-0.05, 0) is 47.2 Å². The van der Waals surface area contributed by atoms with Crippen LogP contribution in [-0.2, 0) is 9.53 Å². The Morgan fingerprint density at radius 1 is 1.18 bits per heavy atom. The fraction of sp³-hybridized carbons (Fsp3) is 0.462. The van der Waals surface area contributed by atoms with E-state index in [1.807, 2.05) is 13.8 Å². The van der Waals surface area contributed by atoms with Gasteiger partial charge < -0.3 is 19.7 Å². The van der Waals surface area contributed by atoms with Gasteiger partial charge in [-0.15, -0.1) is 0 Å². The van der Waals surface area contributed by atoms with Gasteiger partial charge in [0.1, 0.15) is 17.2 Å². The van der Waals surface area contributed by atoms with Crippen LogP contribution in [0, 0.1) is 23.6 Å². The number of benzene rings is 1. The molecule has 0 saturated heterocycles. The molecule has 1 aromatic carbocycles. The van der Waals surface area contributed by atoms with Crippen LogP contribution in [0.3, 0.4) is 0 Å². The van der Waals surface area contributed by atoms with Crippen molar-refractivity contribution in [2.45, 2.75) is 45.3 Å². The van der Waals surface area contributed by atoms with Gasteiger partial charge in [-0.3, -0.25) is 9.78 Å². The first kappa shape index (κ1) is 26.6. The van der Waals surface area contributed by atoms with Gasteiger partial charge in [-0.1, -0.05) is 46.4 Å². The summed E-state index contributed by atoms with van der Waals surface area (Å²) in [4.78, 5) is 17.1. The third kappa shape index (κ3) is 6.25. The minimum atomic E-state index is -1.73. The van der Waals surface area contributed by atoms with Crippen molar-refractivity contribution in [1.82, 2.24) is 4.98 Å². The fourth-order valence-corrected chi connectivity index (χ4v) is 4.13. The van der Waals surface area contributed by atoms with Crippen LogP contribution in [0.1, 0.15) is 39.2 Å². The molecule has 0 amide bonds. The van der Waals surface area contributed by atoms with Gasteiger partial charge in [-0.25, -0.2) is 4.39 Å². The van der Waals surface area contributed by atoms with Gasteiger partial charge in [0.2, 0.25) is 0 Å². The number of pyridine rings is 1. The van der Waals surface area contributed by atoms with E-state index in [9.17, 15) is 19.4 Å². The number of methoxy groups -OCH3 is 1. The summed E-state index contributed by atoms with van der Waals surface area (Å²) in [5.41, 5.74) is -0.854. The Morgan fingerprint density at radius 2 is 1.82 bits per heavy atom. The summed E-state index contributed by atoms with van der Waals surface area (Å²) in [6.45, 7) is 11.2. The van der Waals surface area contributed by atoms with Gasteiger partial charge in [-0.2, -0.15) is 0 Å². The van der Waals surface area contributed by atoms with Gasteiger partial charge in [0.25, 0.3) is 0 Å². The summed E-state index contributed by atoms with van der Waals surface area (Å²) in [6.07, 6.45) is 1.57. The summed E-state index contributed by atoms with van der Waals surface area (Å²) in [5, 5.41) is 23.5. The Bertz CT molecular complexity index is 916. The highest BCUT2D eigenvalue weighted by Gasteiger charge is 2.49. The molecule has 4 unspecified atom stereocenters. The summed E-state index contributed by atoms with van der Waals surface area (Å²) >= 11 is 0. The average Bonchev–Trinajstić information content (AvgIpc) is 2.75. The van der Waals surface area contributed by atoms with Crippen LogP contribution in [-0.4, -0.2) is 46.6 Å². The second-order valence-electron chi connectivity index (χ2n) is 8.94. The smallest absolute Gasteiger partial charge is 0.317 e. The van der Waals surface area contributed by atoms with E-state index < -0.39 is 35.3 Å². The van der Waals surface area contributed by atoms with E-state index in [-0.39, 0.29) is 24.2 Å². The van der Waals surface area contributed by atoms with E-state index in [2.05, 4.69) is 11.6 Å². The number of hydrogen-bond acceptors (Lipinski definition) is 6. The Balaban J connectivity index is 2.58. The van der Waals surface area contributed by atoms with Crippen molar-refractivity contribution in [3.63, 3.8) is 0 Å². The zero-order valence-electron chi connectivity index (χ0n) is 19.9. The number of rotatable bonds is 11. The molecule has 0 spiro atoms. The van der Waals surface area contributed by atoms with Gasteiger partial charge in [0, 0.05) is 19.2 Å². The van der Waals surface area contributed by atoms with E-state index in [1.165, 1.54) is 37.6 Å². The van der Waals surface area contributed by atoms with E-state index in [1.54, 1.807) is 32.2 Å².